The third kappa shape index (κ3) is 3.66. The molecule has 5 heteroatoms. The second kappa shape index (κ2) is 7.81. The van der Waals surface area contributed by atoms with Crippen molar-refractivity contribution < 1.29 is 0 Å². The zero-order valence-electron chi connectivity index (χ0n) is 17.2. The monoisotopic (exact) mass is 468 g/mol. The molecule has 0 amide bonds. The molecule has 12 atom stereocenters. The summed E-state index contributed by atoms with van der Waals surface area (Å²) in [6.45, 7) is 10.4. The maximum atomic E-state index is 6.83. The van der Waals surface area contributed by atoms with Crippen LogP contribution in [-0.2, 0) is 0 Å². The SMILES string of the molecule is CC1CC2C(Cl)CC(Cl)CC2C1[Si](C)(C)C1C(C)CC2C(Cl)CC(Cl)CC21. The maximum Gasteiger partial charge on any atom is 0.0546 e. The van der Waals surface area contributed by atoms with E-state index in [1.165, 1.54) is 25.7 Å². The first-order valence-electron chi connectivity index (χ1n) is 11.2. The Labute approximate surface area is 187 Å². The molecule has 0 saturated heterocycles. The van der Waals surface area contributed by atoms with Crippen LogP contribution in [0.3, 0.4) is 0 Å². The van der Waals surface area contributed by atoms with Crippen LogP contribution in [0.15, 0.2) is 0 Å². The Kier molecular flexibility index (Phi) is 6.25. The fraction of sp³-hybridized carbons (Fsp3) is 1.00. The summed E-state index contributed by atoms with van der Waals surface area (Å²) in [6.07, 6.45) is 7.00. The van der Waals surface area contributed by atoms with Gasteiger partial charge in [0.25, 0.3) is 0 Å². The Bertz CT molecular complexity index is 508. The summed E-state index contributed by atoms with van der Waals surface area (Å²) in [6, 6.07) is 0. The first-order valence-corrected chi connectivity index (χ1v) is 16.1. The molecule has 0 bridgehead atoms. The van der Waals surface area contributed by atoms with Gasteiger partial charge in [0.15, 0.2) is 0 Å². The van der Waals surface area contributed by atoms with Gasteiger partial charge >= 0.3 is 0 Å². The van der Waals surface area contributed by atoms with Gasteiger partial charge in [-0.1, -0.05) is 26.9 Å². The summed E-state index contributed by atoms with van der Waals surface area (Å²) in [5.41, 5.74) is 1.70. The molecule has 27 heavy (non-hydrogen) atoms. The van der Waals surface area contributed by atoms with E-state index >= 15 is 0 Å². The Morgan fingerprint density at radius 3 is 1.30 bits per heavy atom. The third-order valence-corrected chi connectivity index (χ3v) is 16.3. The van der Waals surface area contributed by atoms with Gasteiger partial charge in [-0.2, -0.15) is 0 Å². The summed E-state index contributed by atoms with van der Waals surface area (Å²) >= 11 is 27.0. The minimum atomic E-state index is -1.53. The summed E-state index contributed by atoms with van der Waals surface area (Å²) in [7, 11) is -1.53. The molecule has 156 valence electrons. The van der Waals surface area contributed by atoms with E-state index in [4.69, 9.17) is 46.4 Å². The summed E-state index contributed by atoms with van der Waals surface area (Å²) < 4.78 is 0. The van der Waals surface area contributed by atoms with Crippen molar-refractivity contribution in [3.05, 3.63) is 0 Å². The highest BCUT2D eigenvalue weighted by molar-refractivity contribution is 6.80. The molecule has 0 nitrogen and oxygen atoms in total. The highest BCUT2D eigenvalue weighted by Crippen LogP contribution is 2.65. The van der Waals surface area contributed by atoms with Crippen LogP contribution in [0.25, 0.3) is 0 Å². The lowest BCUT2D eigenvalue weighted by Crippen LogP contribution is -2.48. The molecule has 0 aliphatic heterocycles. The molecule has 0 aromatic carbocycles. The fourth-order valence-electron chi connectivity index (χ4n) is 8.77. The molecule has 12 unspecified atom stereocenters. The topological polar surface area (TPSA) is 0 Å². The van der Waals surface area contributed by atoms with Gasteiger partial charge in [0, 0.05) is 21.5 Å². The van der Waals surface area contributed by atoms with E-state index in [2.05, 4.69) is 26.9 Å². The predicted molar refractivity (Wildman–Crippen MR) is 124 cm³/mol. The smallest absolute Gasteiger partial charge is 0.0546 e. The van der Waals surface area contributed by atoms with E-state index < -0.39 is 8.07 Å². The van der Waals surface area contributed by atoms with Crippen LogP contribution >= 0.6 is 46.4 Å². The molecule has 0 radical (unpaired) electrons. The third-order valence-electron chi connectivity index (χ3n) is 9.20. The first-order chi connectivity index (χ1) is 12.6. The Morgan fingerprint density at radius 1 is 0.556 bits per heavy atom. The van der Waals surface area contributed by atoms with E-state index in [-0.39, 0.29) is 21.5 Å². The molecule has 0 heterocycles. The number of hydrogen-bond donors (Lipinski definition) is 0. The molecule has 4 rings (SSSR count). The van der Waals surface area contributed by atoms with Gasteiger partial charge in [-0.3, -0.25) is 0 Å². The van der Waals surface area contributed by atoms with E-state index in [0.717, 1.165) is 47.6 Å². The Balaban J connectivity index is 1.63. The average molecular weight is 470 g/mol. The van der Waals surface area contributed by atoms with Crippen LogP contribution < -0.4 is 0 Å². The van der Waals surface area contributed by atoms with Gasteiger partial charge in [0.05, 0.1) is 8.07 Å². The predicted octanol–water partition coefficient (Wildman–Crippen LogP) is 8.00. The van der Waals surface area contributed by atoms with Crippen LogP contribution in [0.4, 0.5) is 0 Å². The van der Waals surface area contributed by atoms with Gasteiger partial charge < -0.3 is 0 Å². The number of halogens is 4. The second-order valence-electron chi connectivity index (χ2n) is 11.1. The van der Waals surface area contributed by atoms with Crippen molar-refractivity contribution in [2.45, 2.75) is 98.1 Å². The minimum Gasteiger partial charge on any atom is -0.123 e. The standard InChI is InChI=1S/C22H36Cl4Si/c1-11-5-15-17(7-13(23)9-19(15)25)21(11)27(3,4)22-12(2)6-16-18(22)8-14(24)10-20(16)26/h11-22H,5-10H2,1-4H3. The minimum absolute atomic E-state index is 0.272. The van der Waals surface area contributed by atoms with Crippen LogP contribution in [-0.4, -0.2) is 29.6 Å². The summed E-state index contributed by atoms with van der Waals surface area (Å²) in [5, 5.41) is 1.11. The summed E-state index contributed by atoms with van der Waals surface area (Å²) in [5.74, 6) is 4.45. The average Bonchev–Trinajstić information content (AvgIpc) is 3.04. The van der Waals surface area contributed by atoms with Crippen molar-refractivity contribution in [3.8, 4) is 0 Å². The van der Waals surface area contributed by atoms with Crippen LogP contribution in [0, 0.1) is 35.5 Å². The lowest BCUT2D eigenvalue weighted by atomic mass is 9.80. The molecule has 4 aliphatic rings. The van der Waals surface area contributed by atoms with Gasteiger partial charge in [0.2, 0.25) is 0 Å². The maximum absolute atomic E-state index is 6.83. The van der Waals surface area contributed by atoms with Crippen molar-refractivity contribution in [2.24, 2.45) is 35.5 Å². The van der Waals surface area contributed by atoms with Gasteiger partial charge in [-0.25, -0.2) is 0 Å². The van der Waals surface area contributed by atoms with Gasteiger partial charge in [0.1, 0.15) is 0 Å². The largest absolute Gasteiger partial charge is 0.123 e. The summed E-state index contributed by atoms with van der Waals surface area (Å²) in [4.78, 5) is 0. The van der Waals surface area contributed by atoms with E-state index in [9.17, 15) is 0 Å². The van der Waals surface area contributed by atoms with E-state index in [1.807, 2.05) is 0 Å². The van der Waals surface area contributed by atoms with Crippen molar-refractivity contribution in [2.75, 3.05) is 0 Å². The highest BCUT2D eigenvalue weighted by Gasteiger charge is 2.60. The van der Waals surface area contributed by atoms with Crippen molar-refractivity contribution >= 4 is 54.5 Å². The van der Waals surface area contributed by atoms with Crippen molar-refractivity contribution in [1.82, 2.24) is 0 Å². The highest BCUT2D eigenvalue weighted by atomic mass is 35.5. The van der Waals surface area contributed by atoms with Crippen LogP contribution in [0.5, 0.6) is 0 Å². The first kappa shape index (κ1) is 21.6. The van der Waals surface area contributed by atoms with Crippen LogP contribution in [0.1, 0.15) is 52.4 Å². The number of rotatable bonds is 2. The lowest BCUT2D eigenvalue weighted by Gasteiger charge is -2.49. The molecular weight excluding hydrogens is 434 g/mol. The van der Waals surface area contributed by atoms with E-state index in [1.54, 1.807) is 0 Å². The van der Waals surface area contributed by atoms with Crippen LogP contribution in [0.2, 0.25) is 24.2 Å². The second-order valence-corrected chi connectivity index (χ2v) is 18.5. The molecular formula is C22H36Cl4Si. The van der Waals surface area contributed by atoms with Crippen molar-refractivity contribution in [3.63, 3.8) is 0 Å². The lowest BCUT2D eigenvalue weighted by molar-refractivity contribution is 0.271. The fourth-order valence-corrected chi connectivity index (χ4v) is 17.4. The van der Waals surface area contributed by atoms with E-state index in [0.29, 0.717) is 11.8 Å². The van der Waals surface area contributed by atoms with Gasteiger partial charge in [-0.15, -0.1) is 46.4 Å². The molecule has 0 spiro atoms. The zero-order valence-corrected chi connectivity index (χ0v) is 21.2. The normalized spacial score (nSPS) is 56.0. The molecule has 4 fully saturated rings. The molecule has 4 saturated carbocycles. The quantitative estimate of drug-likeness (QED) is 0.283. The molecule has 4 aliphatic carbocycles. The zero-order chi connectivity index (χ0) is 19.7. The molecule has 0 aromatic heterocycles. The van der Waals surface area contributed by atoms with Gasteiger partial charge in [-0.05, 0) is 85.1 Å². The Hall–Kier alpha value is 1.38. The molecule has 0 aromatic rings. The number of alkyl halides is 4. The van der Waals surface area contributed by atoms with Crippen molar-refractivity contribution in [1.29, 1.82) is 0 Å². The molecule has 0 N–H and O–H groups in total. The number of hydrogen-bond acceptors (Lipinski definition) is 0. The number of fused-ring (bicyclic) bond motifs is 2. The Morgan fingerprint density at radius 2 is 0.926 bits per heavy atom.